The summed E-state index contributed by atoms with van der Waals surface area (Å²) in [5.74, 6) is -0.0707. The summed E-state index contributed by atoms with van der Waals surface area (Å²) in [5, 5.41) is 23.3. The van der Waals surface area contributed by atoms with Crippen LogP contribution in [0, 0.1) is 0 Å². The maximum atomic E-state index is 12.5. The van der Waals surface area contributed by atoms with Gasteiger partial charge >= 0.3 is 0 Å². The molecular formula is C73H125NO3. The van der Waals surface area contributed by atoms with Crippen LogP contribution in [0.25, 0.3) is 0 Å². The summed E-state index contributed by atoms with van der Waals surface area (Å²) in [6.45, 7) is 4.21. The van der Waals surface area contributed by atoms with E-state index in [1.165, 1.54) is 193 Å². The zero-order valence-electron chi connectivity index (χ0n) is 50.7. The van der Waals surface area contributed by atoms with Gasteiger partial charge < -0.3 is 15.5 Å². The molecule has 0 aliphatic heterocycles. The summed E-state index contributed by atoms with van der Waals surface area (Å²) in [4.78, 5) is 12.5. The number of aliphatic hydroxyl groups is 2. The van der Waals surface area contributed by atoms with Gasteiger partial charge in [-0.1, -0.05) is 334 Å². The van der Waals surface area contributed by atoms with Gasteiger partial charge in [0.05, 0.1) is 18.8 Å². The quantitative estimate of drug-likeness (QED) is 0.0420. The van der Waals surface area contributed by atoms with Crippen molar-refractivity contribution in [3.05, 3.63) is 134 Å². The summed E-state index contributed by atoms with van der Waals surface area (Å²) in [6.07, 6.45) is 104. The zero-order valence-corrected chi connectivity index (χ0v) is 50.7. The van der Waals surface area contributed by atoms with Crippen molar-refractivity contribution in [3.8, 4) is 0 Å². The molecule has 440 valence electrons. The summed E-state index contributed by atoms with van der Waals surface area (Å²) in [6, 6.07) is -0.634. The minimum Gasteiger partial charge on any atom is -0.394 e. The van der Waals surface area contributed by atoms with Crippen LogP contribution in [0.4, 0.5) is 0 Å². The number of rotatable bonds is 59. The van der Waals surface area contributed by atoms with Gasteiger partial charge in [-0.3, -0.25) is 4.79 Å². The molecule has 0 aliphatic carbocycles. The largest absolute Gasteiger partial charge is 0.394 e. The molecule has 4 nitrogen and oxygen atoms in total. The molecule has 0 radical (unpaired) electrons. The Morgan fingerprint density at radius 1 is 0.325 bits per heavy atom. The van der Waals surface area contributed by atoms with Gasteiger partial charge in [0, 0.05) is 6.42 Å². The number of allylic oxidation sites excluding steroid dienone is 21. The normalized spacial score (nSPS) is 13.7. The minimum atomic E-state index is -0.850. The fraction of sp³-hybridized carbons (Fsp3) is 0.685. The van der Waals surface area contributed by atoms with Gasteiger partial charge in [0.2, 0.25) is 5.91 Å². The Bertz CT molecular complexity index is 1540. The van der Waals surface area contributed by atoms with Crippen molar-refractivity contribution in [1.82, 2.24) is 5.32 Å². The second kappa shape index (κ2) is 66.8. The average molecular weight is 1060 g/mol. The van der Waals surface area contributed by atoms with Gasteiger partial charge in [-0.15, -0.1) is 0 Å². The van der Waals surface area contributed by atoms with Crippen LogP contribution in [0.3, 0.4) is 0 Å². The summed E-state index contributed by atoms with van der Waals surface area (Å²) in [5.41, 5.74) is 0. The summed E-state index contributed by atoms with van der Waals surface area (Å²) in [7, 11) is 0. The Morgan fingerprint density at radius 3 is 0.857 bits per heavy atom. The molecule has 0 aromatic rings. The van der Waals surface area contributed by atoms with Crippen molar-refractivity contribution in [1.29, 1.82) is 0 Å². The second-order valence-electron chi connectivity index (χ2n) is 21.8. The third kappa shape index (κ3) is 63.2. The molecule has 0 fully saturated rings. The maximum absolute atomic E-state index is 12.5. The first kappa shape index (κ1) is 73.5. The maximum Gasteiger partial charge on any atom is 0.220 e. The number of carbonyl (C=O) groups is 1. The molecule has 0 spiro atoms. The standard InChI is InChI=1S/C73H125NO3/c1-3-5-7-9-11-13-15-17-19-21-23-25-27-29-30-31-32-33-34-35-36-37-38-39-40-41-42-43-44-45-47-49-51-53-55-57-59-61-63-65-67-69-73(77)74-71(70-75)72(76)68-66-64-62-60-58-56-54-52-50-48-46-28-26-24-22-20-18-16-14-12-10-8-6-4-2/h5,7,11,13,17,19,23,25,29-30,32-33,35-36,38-39,41-42,44-45,66,68,71-72,75-76H,3-4,6,8-10,12,14-16,18,20-22,24,26-28,31,34,37,40,43,46-65,67,69-70H2,1-2H3,(H,74,77)/b7-5-,13-11-,19-17-,25-23-,30-29-,33-32-,36-35-,39-38-,42-41-,45-44-,68-66+. The van der Waals surface area contributed by atoms with Crippen molar-refractivity contribution >= 4 is 5.91 Å². The number of unbranched alkanes of at least 4 members (excludes halogenated alkanes) is 32. The Labute approximate surface area is 479 Å². The molecule has 0 aromatic carbocycles. The number of amides is 1. The smallest absolute Gasteiger partial charge is 0.220 e. The number of hydrogen-bond acceptors (Lipinski definition) is 3. The molecule has 2 atom stereocenters. The molecule has 0 aliphatic rings. The van der Waals surface area contributed by atoms with Crippen molar-refractivity contribution in [2.45, 2.75) is 315 Å². The Morgan fingerprint density at radius 2 is 0.571 bits per heavy atom. The Balaban J connectivity index is 3.58. The lowest BCUT2D eigenvalue weighted by Crippen LogP contribution is -2.45. The number of nitrogens with one attached hydrogen (secondary N) is 1. The molecule has 0 heterocycles. The number of carbonyl (C=O) groups excluding carboxylic acids is 1. The molecule has 3 N–H and O–H groups in total. The fourth-order valence-corrected chi connectivity index (χ4v) is 9.44. The highest BCUT2D eigenvalue weighted by atomic mass is 16.3. The molecule has 77 heavy (non-hydrogen) atoms. The van der Waals surface area contributed by atoms with E-state index in [4.69, 9.17) is 0 Å². The van der Waals surface area contributed by atoms with Crippen molar-refractivity contribution < 1.29 is 15.0 Å². The molecule has 0 bridgehead atoms. The topological polar surface area (TPSA) is 69.6 Å². The van der Waals surface area contributed by atoms with E-state index in [9.17, 15) is 15.0 Å². The van der Waals surface area contributed by atoms with E-state index in [0.717, 1.165) is 89.9 Å². The van der Waals surface area contributed by atoms with Crippen LogP contribution in [0.2, 0.25) is 0 Å². The van der Waals surface area contributed by atoms with E-state index in [1.54, 1.807) is 6.08 Å². The van der Waals surface area contributed by atoms with Crippen molar-refractivity contribution in [3.63, 3.8) is 0 Å². The third-order valence-electron chi connectivity index (χ3n) is 14.4. The van der Waals surface area contributed by atoms with Gasteiger partial charge in [-0.25, -0.2) is 0 Å². The highest BCUT2D eigenvalue weighted by Crippen LogP contribution is 2.17. The second-order valence-corrected chi connectivity index (χ2v) is 21.8. The average Bonchev–Trinajstić information content (AvgIpc) is 3.43. The van der Waals surface area contributed by atoms with E-state index in [0.29, 0.717) is 6.42 Å². The van der Waals surface area contributed by atoms with Crippen molar-refractivity contribution in [2.24, 2.45) is 0 Å². The lowest BCUT2D eigenvalue weighted by Gasteiger charge is -2.20. The third-order valence-corrected chi connectivity index (χ3v) is 14.4. The lowest BCUT2D eigenvalue weighted by atomic mass is 10.0. The monoisotopic (exact) mass is 1060 g/mol. The molecule has 1 amide bonds. The van der Waals surface area contributed by atoms with Gasteiger partial charge in [0.15, 0.2) is 0 Å². The van der Waals surface area contributed by atoms with Crippen LogP contribution in [0.15, 0.2) is 134 Å². The van der Waals surface area contributed by atoms with Gasteiger partial charge in [-0.2, -0.15) is 0 Å². The summed E-state index contributed by atoms with van der Waals surface area (Å²) >= 11 is 0. The zero-order chi connectivity index (χ0) is 55.5. The predicted molar refractivity (Wildman–Crippen MR) is 345 cm³/mol. The van der Waals surface area contributed by atoms with Crippen LogP contribution in [0.1, 0.15) is 303 Å². The molecule has 0 rings (SSSR count). The van der Waals surface area contributed by atoms with E-state index in [-0.39, 0.29) is 12.5 Å². The highest BCUT2D eigenvalue weighted by Gasteiger charge is 2.18. The van der Waals surface area contributed by atoms with Crippen LogP contribution in [0.5, 0.6) is 0 Å². The van der Waals surface area contributed by atoms with Gasteiger partial charge in [-0.05, 0) is 96.3 Å². The minimum absolute atomic E-state index is 0.0707. The van der Waals surface area contributed by atoms with Crippen LogP contribution >= 0.6 is 0 Å². The first-order chi connectivity index (χ1) is 38.2. The van der Waals surface area contributed by atoms with E-state index < -0.39 is 12.1 Å². The number of aliphatic hydroxyl groups excluding tert-OH is 2. The van der Waals surface area contributed by atoms with Crippen LogP contribution in [-0.2, 0) is 4.79 Å². The van der Waals surface area contributed by atoms with Crippen LogP contribution in [-0.4, -0.2) is 34.9 Å². The molecule has 4 heteroatoms. The fourth-order valence-electron chi connectivity index (χ4n) is 9.44. The molecule has 2 unspecified atom stereocenters. The van der Waals surface area contributed by atoms with E-state index in [1.807, 2.05) is 6.08 Å². The molecular weight excluding hydrogens is 939 g/mol. The van der Waals surface area contributed by atoms with Crippen LogP contribution < -0.4 is 5.32 Å². The van der Waals surface area contributed by atoms with E-state index in [2.05, 4.69) is 141 Å². The van der Waals surface area contributed by atoms with Gasteiger partial charge in [0.25, 0.3) is 0 Å². The lowest BCUT2D eigenvalue weighted by molar-refractivity contribution is -0.123. The molecule has 0 saturated carbocycles. The molecule has 0 saturated heterocycles. The first-order valence-electron chi connectivity index (χ1n) is 32.9. The number of hydrogen-bond donors (Lipinski definition) is 3. The summed E-state index contributed by atoms with van der Waals surface area (Å²) < 4.78 is 0. The SMILES string of the molecule is CC/C=C\C/C=C\C/C=C\C/C=C\C/C=C\C/C=C\C/C=C\C/C=C\C/C=C\C/C=C\CCCCCCCCCCCCC(=O)NC(CO)C(O)/C=C/CCCCCCCCCCCCCCCCCCCCCCCC. The first-order valence-corrected chi connectivity index (χ1v) is 32.9. The van der Waals surface area contributed by atoms with E-state index >= 15 is 0 Å². The van der Waals surface area contributed by atoms with Crippen molar-refractivity contribution in [2.75, 3.05) is 6.61 Å². The Hall–Kier alpha value is -3.47. The highest BCUT2D eigenvalue weighted by molar-refractivity contribution is 5.76. The molecule has 0 aromatic heterocycles. The predicted octanol–water partition coefficient (Wildman–Crippen LogP) is 22.5. The van der Waals surface area contributed by atoms with Gasteiger partial charge in [0.1, 0.15) is 0 Å². The Kier molecular flexibility index (Phi) is 63.8.